The molecule has 4 heteroatoms. The molecule has 4 nitrogen and oxygen atoms in total. The van der Waals surface area contributed by atoms with Gasteiger partial charge in [-0.1, -0.05) is 176 Å². The first kappa shape index (κ1) is 48.6. The van der Waals surface area contributed by atoms with Crippen LogP contribution < -0.4 is 0 Å². The van der Waals surface area contributed by atoms with E-state index in [1.165, 1.54) is 83.5 Å². The van der Waals surface area contributed by atoms with Crippen LogP contribution in [0.2, 0.25) is 0 Å². The van der Waals surface area contributed by atoms with Gasteiger partial charge in [0.2, 0.25) is 0 Å². The summed E-state index contributed by atoms with van der Waals surface area (Å²) in [4.78, 5) is 12.2. The Morgan fingerprint density at radius 2 is 0.824 bits per heavy atom. The van der Waals surface area contributed by atoms with E-state index in [0.717, 1.165) is 77.0 Å². The molecule has 0 aliphatic heterocycles. The SMILES string of the molecule is CC/C=C\C/C=C\C/C=C\C/C=C\CCCCCCCCCCCCCCC(=O)OC(CO)COCCCCCC/C=C\C/C=C\C/C=C\CC. The molecule has 0 saturated heterocycles. The molecule has 0 aromatic heterocycles. The van der Waals surface area contributed by atoms with Crippen LogP contribution >= 0.6 is 0 Å². The fourth-order valence-corrected chi connectivity index (χ4v) is 5.63. The maximum absolute atomic E-state index is 12.2. The summed E-state index contributed by atoms with van der Waals surface area (Å²) in [5.41, 5.74) is 0. The number of rotatable bonds is 38. The molecular formula is C47H80O4. The van der Waals surface area contributed by atoms with Crippen LogP contribution in [0.4, 0.5) is 0 Å². The van der Waals surface area contributed by atoms with Crippen LogP contribution in [0.15, 0.2) is 85.1 Å². The minimum Gasteiger partial charge on any atom is -0.457 e. The summed E-state index contributed by atoms with van der Waals surface area (Å²) in [6, 6.07) is 0. The maximum atomic E-state index is 12.2. The van der Waals surface area contributed by atoms with E-state index in [2.05, 4.69) is 98.9 Å². The molecule has 0 rings (SSSR count). The number of hydrogen-bond acceptors (Lipinski definition) is 4. The van der Waals surface area contributed by atoms with E-state index < -0.39 is 6.10 Å². The summed E-state index contributed by atoms with van der Waals surface area (Å²) in [5.74, 6) is -0.215. The number of hydrogen-bond donors (Lipinski definition) is 1. The van der Waals surface area contributed by atoms with Crippen molar-refractivity contribution < 1.29 is 19.4 Å². The highest BCUT2D eigenvalue weighted by molar-refractivity contribution is 5.69. The molecule has 1 unspecified atom stereocenters. The molecule has 51 heavy (non-hydrogen) atoms. The van der Waals surface area contributed by atoms with Crippen LogP contribution in [-0.2, 0) is 14.3 Å². The topological polar surface area (TPSA) is 55.8 Å². The van der Waals surface area contributed by atoms with Crippen LogP contribution in [-0.4, -0.2) is 37.0 Å². The van der Waals surface area contributed by atoms with Gasteiger partial charge in [0.25, 0.3) is 0 Å². The highest BCUT2D eigenvalue weighted by Gasteiger charge is 2.13. The molecule has 0 aromatic rings. The lowest BCUT2D eigenvalue weighted by molar-refractivity contribution is -0.154. The van der Waals surface area contributed by atoms with E-state index in [-0.39, 0.29) is 19.2 Å². The molecule has 0 heterocycles. The number of carbonyl (C=O) groups excluding carboxylic acids is 1. The summed E-state index contributed by atoms with van der Waals surface area (Å²) >= 11 is 0. The highest BCUT2D eigenvalue weighted by Crippen LogP contribution is 2.14. The monoisotopic (exact) mass is 709 g/mol. The minimum atomic E-state index is -0.551. The van der Waals surface area contributed by atoms with Crippen molar-refractivity contribution in [1.29, 1.82) is 0 Å². The van der Waals surface area contributed by atoms with Crippen molar-refractivity contribution in [3.63, 3.8) is 0 Å². The normalized spacial score (nSPS) is 13.2. The lowest BCUT2D eigenvalue weighted by Gasteiger charge is -2.15. The van der Waals surface area contributed by atoms with Crippen molar-refractivity contribution in [2.75, 3.05) is 19.8 Å². The van der Waals surface area contributed by atoms with Gasteiger partial charge in [-0.2, -0.15) is 0 Å². The summed E-state index contributed by atoms with van der Waals surface area (Å²) in [5, 5.41) is 9.59. The fourth-order valence-electron chi connectivity index (χ4n) is 5.63. The van der Waals surface area contributed by atoms with Crippen LogP contribution in [0.3, 0.4) is 0 Å². The third-order valence-electron chi connectivity index (χ3n) is 8.72. The molecule has 0 radical (unpaired) electrons. The van der Waals surface area contributed by atoms with E-state index in [0.29, 0.717) is 13.0 Å². The van der Waals surface area contributed by atoms with Gasteiger partial charge in [-0.05, 0) is 83.5 Å². The van der Waals surface area contributed by atoms with Crippen LogP contribution in [0.25, 0.3) is 0 Å². The smallest absolute Gasteiger partial charge is 0.306 e. The van der Waals surface area contributed by atoms with Gasteiger partial charge in [-0.3, -0.25) is 4.79 Å². The van der Waals surface area contributed by atoms with Crippen molar-refractivity contribution in [2.45, 2.75) is 187 Å². The van der Waals surface area contributed by atoms with E-state index in [1.54, 1.807) is 0 Å². The Kier molecular flexibility index (Phi) is 41.6. The zero-order valence-electron chi connectivity index (χ0n) is 33.3. The van der Waals surface area contributed by atoms with Gasteiger partial charge >= 0.3 is 5.97 Å². The lowest BCUT2D eigenvalue weighted by atomic mass is 10.0. The van der Waals surface area contributed by atoms with Crippen molar-refractivity contribution in [3.8, 4) is 0 Å². The lowest BCUT2D eigenvalue weighted by Crippen LogP contribution is -2.27. The number of aliphatic hydroxyl groups is 1. The molecule has 0 amide bonds. The van der Waals surface area contributed by atoms with Crippen LogP contribution in [0.1, 0.15) is 181 Å². The Hall–Kier alpha value is -2.43. The quantitative estimate of drug-likeness (QED) is 0.0394. The van der Waals surface area contributed by atoms with Crippen molar-refractivity contribution in [3.05, 3.63) is 85.1 Å². The van der Waals surface area contributed by atoms with Gasteiger partial charge in [-0.25, -0.2) is 0 Å². The Morgan fingerprint density at radius 1 is 0.471 bits per heavy atom. The molecule has 0 aromatic carbocycles. The second-order valence-electron chi connectivity index (χ2n) is 13.6. The Balaban J connectivity index is 3.47. The van der Waals surface area contributed by atoms with E-state index >= 15 is 0 Å². The van der Waals surface area contributed by atoms with Gasteiger partial charge in [0.1, 0.15) is 6.10 Å². The summed E-state index contributed by atoms with van der Waals surface area (Å²) in [6.45, 7) is 5.06. The van der Waals surface area contributed by atoms with E-state index in [4.69, 9.17) is 9.47 Å². The number of aliphatic hydroxyl groups excluding tert-OH is 1. The summed E-state index contributed by atoms with van der Waals surface area (Å²) in [6.07, 6.45) is 60.7. The Morgan fingerprint density at radius 3 is 1.24 bits per heavy atom. The largest absolute Gasteiger partial charge is 0.457 e. The molecule has 0 spiro atoms. The number of unbranched alkanes of at least 4 members (excludes halogenated alkanes) is 16. The fraction of sp³-hybridized carbons (Fsp3) is 0.681. The highest BCUT2D eigenvalue weighted by atomic mass is 16.6. The molecule has 0 aliphatic carbocycles. The number of esters is 1. The molecular weight excluding hydrogens is 629 g/mol. The summed E-state index contributed by atoms with van der Waals surface area (Å²) < 4.78 is 11.1. The van der Waals surface area contributed by atoms with Gasteiger partial charge in [0.05, 0.1) is 13.2 Å². The van der Waals surface area contributed by atoms with E-state index in [9.17, 15) is 9.90 Å². The van der Waals surface area contributed by atoms with Crippen LogP contribution in [0, 0.1) is 0 Å². The zero-order valence-corrected chi connectivity index (χ0v) is 33.3. The van der Waals surface area contributed by atoms with Crippen LogP contribution in [0.5, 0.6) is 0 Å². The average Bonchev–Trinajstić information content (AvgIpc) is 3.14. The van der Waals surface area contributed by atoms with Gasteiger partial charge < -0.3 is 14.6 Å². The van der Waals surface area contributed by atoms with Gasteiger partial charge in [0.15, 0.2) is 0 Å². The molecule has 1 atom stereocenters. The molecule has 0 fully saturated rings. The first-order valence-corrected chi connectivity index (χ1v) is 21.2. The number of allylic oxidation sites excluding steroid dienone is 14. The molecule has 292 valence electrons. The Labute approximate surface area is 316 Å². The first-order valence-electron chi connectivity index (χ1n) is 21.2. The molecule has 1 N–H and O–H groups in total. The third-order valence-corrected chi connectivity index (χ3v) is 8.72. The molecule has 0 saturated carbocycles. The average molecular weight is 709 g/mol. The zero-order chi connectivity index (χ0) is 37.0. The number of ether oxygens (including phenoxy) is 2. The van der Waals surface area contributed by atoms with Gasteiger partial charge in [-0.15, -0.1) is 0 Å². The van der Waals surface area contributed by atoms with Crippen molar-refractivity contribution in [1.82, 2.24) is 0 Å². The predicted octanol–water partition coefficient (Wildman–Crippen LogP) is 14.0. The third kappa shape index (κ3) is 41.9. The Bertz CT molecular complexity index is 923. The standard InChI is InChI=1S/C47H80O4/c1-3-5-7-9-11-13-15-17-19-20-21-22-23-24-25-26-27-28-29-30-32-34-36-38-40-42-47(49)51-46(44-48)45-50-43-41-39-37-35-33-31-18-16-14-12-10-8-6-4-2/h5-8,11-14,17-19,21-22,31,46,48H,3-4,9-10,15-16,20,23-30,32-45H2,1-2H3/b7-5-,8-6-,13-11-,14-12-,19-17-,22-21-,31-18-. The minimum absolute atomic E-state index is 0.186. The first-order chi connectivity index (χ1) is 25.2. The molecule has 0 aliphatic rings. The predicted molar refractivity (Wildman–Crippen MR) is 223 cm³/mol. The maximum Gasteiger partial charge on any atom is 0.306 e. The van der Waals surface area contributed by atoms with Gasteiger partial charge in [0, 0.05) is 13.0 Å². The summed E-state index contributed by atoms with van der Waals surface area (Å²) in [7, 11) is 0. The number of carbonyl (C=O) groups is 1. The second kappa shape index (κ2) is 43.7. The second-order valence-corrected chi connectivity index (χ2v) is 13.6. The van der Waals surface area contributed by atoms with Crippen molar-refractivity contribution in [2.24, 2.45) is 0 Å². The molecule has 0 bridgehead atoms. The van der Waals surface area contributed by atoms with E-state index in [1.807, 2.05) is 0 Å². The van der Waals surface area contributed by atoms with Crippen molar-refractivity contribution >= 4 is 5.97 Å².